The number of benzene rings is 1. The largest absolute Gasteiger partial charge is 0.489 e. The van der Waals surface area contributed by atoms with Crippen LogP contribution in [0.3, 0.4) is 0 Å². The molecule has 17 heavy (non-hydrogen) atoms. The Balaban J connectivity index is 1.59. The third kappa shape index (κ3) is 2.37. The van der Waals surface area contributed by atoms with E-state index in [0.717, 1.165) is 22.3 Å². The summed E-state index contributed by atoms with van der Waals surface area (Å²) in [6, 6.07) is 8.18. The van der Waals surface area contributed by atoms with E-state index in [9.17, 15) is 0 Å². The third-order valence-corrected chi connectivity index (χ3v) is 4.55. The van der Waals surface area contributed by atoms with Crippen molar-refractivity contribution < 1.29 is 4.74 Å². The number of nitrogens with two attached hydrogens (primary N) is 1. The molecular formula is C11H11N3OS2. The summed E-state index contributed by atoms with van der Waals surface area (Å²) in [5.41, 5.74) is 6.82. The maximum atomic E-state index is 5.84. The van der Waals surface area contributed by atoms with Crippen molar-refractivity contribution in [2.45, 2.75) is 16.9 Å². The van der Waals surface area contributed by atoms with E-state index in [2.05, 4.69) is 16.3 Å². The molecule has 0 amide bonds. The molecule has 0 spiro atoms. The van der Waals surface area contributed by atoms with Crippen LogP contribution in [-0.4, -0.2) is 22.1 Å². The second kappa shape index (κ2) is 4.54. The number of aromatic nitrogens is 2. The number of hydrogen-bond donors (Lipinski definition) is 1. The fourth-order valence-electron chi connectivity index (χ4n) is 1.79. The van der Waals surface area contributed by atoms with E-state index in [1.807, 2.05) is 18.2 Å². The Morgan fingerprint density at radius 3 is 3.06 bits per heavy atom. The predicted octanol–water partition coefficient (Wildman–Crippen LogP) is 2.22. The molecule has 0 aliphatic carbocycles. The molecule has 0 radical (unpaired) electrons. The summed E-state index contributed by atoms with van der Waals surface area (Å²) in [5, 5.41) is 8.28. The highest BCUT2D eigenvalue weighted by molar-refractivity contribution is 8.01. The van der Waals surface area contributed by atoms with Gasteiger partial charge in [-0.2, -0.15) is 0 Å². The summed E-state index contributed by atoms with van der Waals surface area (Å²) < 4.78 is 6.74. The molecule has 4 nitrogen and oxygen atoms in total. The van der Waals surface area contributed by atoms with E-state index in [0.29, 0.717) is 5.13 Å². The molecule has 0 saturated heterocycles. The first kappa shape index (κ1) is 10.9. The zero-order valence-electron chi connectivity index (χ0n) is 9.00. The number of nitrogens with zero attached hydrogens (tertiary/aromatic N) is 2. The number of rotatable bonds is 3. The topological polar surface area (TPSA) is 61.0 Å². The molecular weight excluding hydrogens is 254 g/mol. The van der Waals surface area contributed by atoms with Crippen molar-refractivity contribution in [3.8, 4) is 5.75 Å². The van der Waals surface area contributed by atoms with Gasteiger partial charge in [0.25, 0.3) is 0 Å². The Labute approximate surface area is 107 Å². The van der Waals surface area contributed by atoms with Crippen molar-refractivity contribution in [3.05, 3.63) is 29.8 Å². The minimum atomic E-state index is 0.225. The van der Waals surface area contributed by atoms with Crippen molar-refractivity contribution in [2.75, 3.05) is 11.5 Å². The van der Waals surface area contributed by atoms with Crippen LogP contribution < -0.4 is 10.5 Å². The van der Waals surface area contributed by atoms with Crippen LogP contribution in [0.5, 0.6) is 5.75 Å². The summed E-state index contributed by atoms with van der Waals surface area (Å²) in [4.78, 5) is 0. The summed E-state index contributed by atoms with van der Waals surface area (Å²) in [7, 11) is 0. The van der Waals surface area contributed by atoms with Crippen molar-refractivity contribution >= 4 is 28.2 Å². The molecule has 6 heteroatoms. The Bertz CT molecular complexity index is 504. The standard InChI is InChI=1S/C11H11N3OS2/c12-10-13-14-11(17-10)16-6-8-5-7-3-1-2-4-9(7)15-8/h1-4,8H,5-6H2,(H2,12,13). The number of para-hydroxylation sites is 1. The number of thioether (sulfide) groups is 1. The molecule has 2 aromatic rings. The molecule has 1 unspecified atom stereocenters. The zero-order chi connectivity index (χ0) is 11.7. The molecule has 1 aliphatic rings. The fourth-order valence-corrected chi connectivity index (χ4v) is 3.44. The SMILES string of the molecule is Nc1nnc(SCC2Cc3ccccc3O2)s1. The first-order valence-corrected chi connectivity index (χ1v) is 7.08. The van der Waals surface area contributed by atoms with Gasteiger partial charge in [-0.05, 0) is 11.6 Å². The monoisotopic (exact) mass is 265 g/mol. The Morgan fingerprint density at radius 2 is 2.29 bits per heavy atom. The summed E-state index contributed by atoms with van der Waals surface area (Å²) in [5.74, 6) is 1.89. The Kier molecular flexibility index (Phi) is 2.90. The highest BCUT2D eigenvalue weighted by Crippen LogP contribution is 2.32. The summed E-state index contributed by atoms with van der Waals surface area (Å²) in [6.45, 7) is 0. The molecule has 3 rings (SSSR count). The van der Waals surface area contributed by atoms with Crippen molar-refractivity contribution in [3.63, 3.8) is 0 Å². The van der Waals surface area contributed by atoms with Crippen molar-refractivity contribution in [1.29, 1.82) is 0 Å². The van der Waals surface area contributed by atoms with Gasteiger partial charge in [0.2, 0.25) is 5.13 Å². The first-order valence-electron chi connectivity index (χ1n) is 5.27. The van der Waals surface area contributed by atoms with Gasteiger partial charge in [-0.3, -0.25) is 0 Å². The lowest BCUT2D eigenvalue weighted by Gasteiger charge is -2.08. The predicted molar refractivity (Wildman–Crippen MR) is 69.6 cm³/mol. The van der Waals surface area contributed by atoms with Gasteiger partial charge in [0, 0.05) is 12.2 Å². The van der Waals surface area contributed by atoms with Gasteiger partial charge in [0.15, 0.2) is 4.34 Å². The molecule has 1 aromatic heterocycles. The molecule has 1 atom stereocenters. The average molecular weight is 265 g/mol. The molecule has 2 heterocycles. The van der Waals surface area contributed by atoms with E-state index < -0.39 is 0 Å². The zero-order valence-corrected chi connectivity index (χ0v) is 10.6. The lowest BCUT2D eigenvalue weighted by Crippen LogP contribution is -2.15. The van der Waals surface area contributed by atoms with Gasteiger partial charge < -0.3 is 10.5 Å². The second-order valence-corrected chi connectivity index (χ2v) is 6.05. The van der Waals surface area contributed by atoms with Crippen LogP contribution in [0, 0.1) is 0 Å². The molecule has 0 bridgehead atoms. The van der Waals surface area contributed by atoms with E-state index >= 15 is 0 Å². The maximum absolute atomic E-state index is 5.84. The van der Waals surface area contributed by atoms with E-state index in [1.165, 1.54) is 16.9 Å². The van der Waals surface area contributed by atoms with Gasteiger partial charge in [-0.1, -0.05) is 41.3 Å². The minimum Gasteiger partial charge on any atom is -0.489 e. The smallest absolute Gasteiger partial charge is 0.203 e. The highest BCUT2D eigenvalue weighted by Gasteiger charge is 2.22. The minimum absolute atomic E-state index is 0.225. The van der Waals surface area contributed by atoms with Crippen LogP contribution in [0.4, 0.5) is 5.13 Å². The third-order valence-electron chi connectivity index (χ3n) is 2.53. The van der Waals surface area contributed by atoms with E-state index in [1.54, 1.807) is 11.8 Å². The second-order valence-electron chi connectivity index (χ2n) is 3.77. The Morgan fingerprint density at radius 1 is 1.41 bits per heavy atom. The fraction of sp³-hybridized carbons (Fsp3) is 0.273. The van der Waals surface area contributed by atoms with Gasteiger partial charge in [-0.15, -0.1) is 10.2 Å². The molecule has 1 aromatic carbocycles. The van der Waals surface area contributed by atoms with E-state index in [4.69, 9.17) is 10.5 Å². The number of anilines is 1. The van der Waals surface area contributed by atoms with Crippen molar-refractivity contribution in [1.82, 2.24) is 10.2 Å². The number of ether oxygens (including phenoxy) is 1. The van der Waals surface area contributed by atoms with Crippen molar-refractivity contribution in [2.24, 2.45) is 0 Å². The van der Waals surface area contributed by atoms with Gasteiger partial charge in [0.1, 0.15) is 11.9 Å². The average Bonchev–Trinajstić information content (AvgIpc) is 2.91. The lowest BCUT2D eigenvalue weighted by molar-refractivity contribution is 0.259. The van der Waals surface area contributed by atoms with Crippen LogP contribution in [0.1, 0.15) is 5.56 Å². The summed E-state index contributed by atoms with van der Waals surface area (Å²) in [6.07, 6.45) is 1.19. The van der Waals surface area contributed by atoms with Crippen LogP contribution in [0.25, 0.3) is 0 Å². The number of fused-ring (bicyclic) bond motifs is 1. The van der Waals surface area contributed by atoms with Crippen LogP contribution >= 0.6 is 23.1 Å². The molecule has 1 aliphatic heterocycles. The van der Waals surface area contributed by atoms with Gasteiger partial charge >= 0.3 is 0 Å². The molecule has 88 valence electrons. The normalized spacial score (nSPS) is 17.8. The quantitative estimate of drug-likeness (QED) is 0.862. The summed E-state index contributed by atoms with van der Waals surface area (Å²) >= 11 is 3.07. The molecule has 0 fully saturated rings. The van der Waals surface area contributed by atoms with Crippen LogP contribution in [-0.2, 0) is 6.42 Å². The van der Waals surface area contributed by atoms with E-state index in [-0.39, 0.29) is 6.10 Å². The maximum Gasteiger partial charge on any atom is 0.203 e. The lowest BCUT2D eigenvalue weighted by atomic mass is 10.1. The van der Waals surface area contributed by atoms with Gasteiger partial charge in [0.05, 0.1) is 0 Å². The Hall–Kier alpha value is -1.27. The number of hydrogen-bond acceptors (Lipinski definition) is 6. The molecule has 0 saturated carbocycles. The highest BCUT2D eigenvalue weighted by atomic mass is 32.2. The van der Waals surface area contributed by atoms with Gasteiger partial charge in [-0.25, -0.2) is 0 Å². The van der Waals surface area contributed by atoms with Crippen LogP contribution in [0.2, 0.25) is 0 Å². The number of nitrogen functional groups attached to an aromatic ring is 1. The molecule has 2 N–H and O–H groups in total. The van der Waals surface area contributed by atoms with Crippen LogP contribution in [0.15, 0.2) is 28.6 Å². The first-order chi connectivity index (χ1) is 8.31.